The number of hydrogen-bond donors (Lipinski definition) is 0. The summed E-state index contributed by atoms with van der Waals surface area (Å²) in [5.41, 5.74) is 0.756. The van der Waals surface area contributed by atoms with Crippen LogP contribution in [0.3, 0.4) is 0 Å². The Labute approximate surface area is 185 Å². The highest BCUT2D eigenvalue weighted by Gasteiger charge is 2.31. The van der Waals surface area contributed by atoms with Crippen molar-refractivity contribution >= 4 is 15.5 Å². The summed E-state index contributed by atoms with van der Waals surface area (Å²) in [6, 6.07) is 3.39. The smallest absolute Gasteiger partial charge is 0.187 e. The van der Waals surface area contributed by atoms with Gasteiger partial charge in [0.15, 0.2) is 39.0 Å². The Bertz CT molecular complexity index is 1170. The van der Waals surface area contributed by atoms with Crippen LogP contribution in [-0.2, 0) is 26.1 Å². The molecule has 4 nitrogen and oxygen atoms in total. The second-order valence-corrected chi connectivity index (χ2v) is 10.0. The number of fused-ring (bicyclic) bond motifs is 1. The first-order valence-corrected chi connectivity index (χ1v) is 12.0. The van der Waals surface area contributed by atoms with Gasteiger partial charge in [0.1, 0.15) is 6.10 Å². The third-order valence-corrected chi connectivity index (χ3v) is 7.16. The summed E-state index contributed by atoms with van der Waals surface area (Å²) in [6.45, 7) is 11.1. The maximum absolute atomic E-state index is 14.2. The van der Waals surface area contributed by atoms with Gasteiger partial charge in [0.25, 0.3) is 0 Å². The summed E-state index contributed by atoms with van der Waals surface area (Å²) in [6.07, 6.45) is 0.468. The zero-order valence-electron chi connectivity index (χ0n) is 18.4. The van der Waals surface area contributed by atoms with E-state index < -0.39 is 55.7 Å². The first-order valence-electron chi connectivity index (χ1n) is 10.2. The van der Waals surface area contributed by atoms with E-state index in [1.807, 2.05) is 18.7 Å². The van der Waals surface area contributed by atoms with Crippen LogP contribution in [0.5, 0.6) is 0 Å². The zero-order chi connectivity index (χ0) is 24.0. The monoisotopic (exact) mass is 471 g/mol. The van der Waals surface area contributed by atoms with Gasteiger partial charge in [0.05, 0.1) is 17.2 Å². The van der Waals surface area contributed by atoms with E-state index in [-0.39, 0.29) is 6.10 Å². The average Bonchev–Trinajstić information content (AvgIpc) is 2.72. The first-order chi connectivity index (χ1) is 14.9. The molecule has 2 aromatic rings. The zero-order valence-corrected chi connectivity index (χ0v) is 19.2. The van der Waals surface area contributed by atoms with Gasteiger partial charge in [-0.05, 0) is 51.0 Å². The minimum absolute atomic E-state index is 0.372. The normalized spacial score (nSPS) is 16.2. The standard InChI is InChI=1S/C23H25F4NO3S/c1-6-9-28-15(5)31-14(4)19-12(2)16(7-8-18(19)28)10-32(29,30)11-17-22(26)20(24)13(3)21(25)23(17)27/h7-8,14H,5-6,9-11H2,1-4H3. The third-order valence-electron chi connectivity index (χ3n) is 5.68. The highest BCUT2D eigenvalue weighted by Crippen LogP contribution is 2.41. The van der Waals surface area contributed by atoms with Crippen molar-refractivity contribution < 1.29 is 30.7 Å². The molecular weight excluding hydrogens is 446 g/mol. The Hall–Kier alpha value is -2.55. The molecule has 1 aliphatic heterocycles. The summed E-state index contributed by atoms with van der Waals surface area (Å²) < 4.78 is 87.5. The molecule has 0 radical (unpaired) electrons. The van der Waals surface area contributed by atoms with Crippen molar-refractivity contribution in [2.45, 2.75) is 51.7 Å². The second kappa shape index (κ2) is 8.77. The third kappa shape index (κ3) is 4.22. The van der Waals surface area contributed by atoms with E-state index >= 15 is 0 Å². The predicted octanol–water partition coefficient (Wildman–Crippen LogP) is 5.75. The molecule has 3 rings (SSSR count). The van der Waals surface area contributed by atoms with Gasteiger partial charge < -0.3 is 9.64 Å². The molecule has 1 aliphatic rings. The lowest BCUT2D eigenvalue weighted by atomic mass is 9.95. The molecule has 0 aliphatic carbocycles. The van der Waals surface area contributed by atoms with Crippen LogP contribution in [0.25, 0.3) is 0 Å². The number of rotatable bonds is 6. The van der Waals surface area contributed by atoms with Gasteiger partial charge in [-0.2, -0.15) is 0 Å². The number of anilines is 1. The number of hydrogen-bond acceptors (Lipinski definition) is 4. The molecule has 0 amide bonds. The van der Waals surface area contributed by atoms with E-state index in [0.29, 0.717) is 23.6 Å². The Morgan fingerprint density at radius 3 is 2.16 bits per heavy atom. The first kappa shape index (κ1) is 24.1. The van der Waals surface area contributed by atoms with Crippen molar-refractivity contribution in [2.24, 2.45) is 0 Å². The van der Waals surface area contributed by atoms with E-state index in [2.05, 4.69) is 6.58 Å². The number of ether oxygens (including phenoxy) is 1. The van der Waals surface area contributed by atoms with E-state index in [9.17, 15) is 26.0 Å². The van der Waals surface area contributed by atoms with E-state index in [1.165, 1.54) is 0 Å². The van der Waals surface area contributed by atoms with E-state index in [1.54, 1.807) is 19.1 Å². The fourth-order valence-corrected chi connectivity index (χ4v) is 5.60. The van der Waals surface area contributed by atoms with Gasteiger partial charge in [-0.15, -0.1) is 0 Å². The van der Waals surface area contributed by atoms with Crippen molar-refractivity contribution in [2.75, 3.05) is 11.4 Å². The maximum atomic E-state index is 14.2. The Kier molecular flexibility index (Phi) is 6.60. The minimum Gasteiger partial charge on any atom is -0.471 e. The molecule has 0 N–H and O–H groups in total. The highest BCUT2D eigenvalue weighted by molar-refractivity contribution is 7.89. The molecule has 2 aromatic carbocycles. The fraction of sp³-hybridized carbons (Fsp3) is 0.391. The molecule has 0 bridgehead atoms. The molecule has 174 valence electrons. The molecule has 0 aromatic heterocycles. The van der Waals surface area contributed by atoms with Crippen molar-refractivity contribution in [3.63, 3.8) is 0 Å². The van der Waals surface area contributed by atoms with E-state index in [4.69, 9.17) is 4.74 Å². The molecule has 1 atom stereocenters. The van der Waals surface area contributed by atoms with Crippen molar-refractivity contribution in [1.82, 2.24) is 0 Å². The quantitative estimate of drug-likeness (QED) is 0.397. The summed E-state index contributed by atoms with van der Waals surface area (Å²) in [5, 5.41) is 0. The largest absolute Gasteiger partial charge is 0.471 e. The van der Waals surface area contributed by atoms with Gasteiger partial charge >= 0.3 is 0 Å². The summed E-state index contributed by atoms with van der Waals surface area (Å²) in [7, 11) is -4.17. The lowest BCUT2D eigenvalue weighted by Gasteiger charge is -2.37. The van der Waals surface area contributed by atoms with Gasteiger partial charge in [0, 0.05) is 23.2 Å². The van der Waals surface area contributed by atoms with Gasteiger partial charge in [-0.1, -0.05) is 13.0 Å². The summed E-state index contributed by atoms with van der Waals surface area (Å²) in [4.78, 5) is 1.91. The number of nitrogens with zero attached hydrogens (tertiary/aromatic N) is 1. The predicted molar refractivity (Wildman–Crippen MR) is 115 cm³/mol. The minimum atomic E-state index is -4.17. The van der Waals surface area contributed by atoms with Gasteiger partial charge in [-0.25, -0.2) is 26.0 Å². The SMILES string of the molecule is C=C1OC(C)c2c(ccc(CS(=O)(=O)Cc3c(F)c(F)c(C)c(F)c3F)c2C)N1CCC. The summed E-state index contributed by atoms with van der Waals surface area (Å²) in [5.74, 6) is -7.79. The molecule has 0 fully saturated rings. The molecule has 0 saturated carbocycles. The van der Waals surface area contributed by atoms with Crippen LogP contribution in [0.1, 0.15) is 54.2 Å². The number of sulfone groups is 1. The van der Waals surface area contributed by atoms with Gasteiger partial charge in [-0.3, -0.25) is 0 Å². The average molecular weight is 472 g/mol. The van der Waals surface area contributed by atoms with Crippen LogP contribution >= 0.6 is 0 Å². The highest BCUT2D eigenvalue weighted by atomic mass is 32.2. The lowest BCUT2D eigenvalue weighted by Crippen LogP contribution is -2.31. The van der Waals surface area contributed by atoms with Crippen LogP contribution in [0.4, 0.5) is 23.2 Å². The molecule has 0 spiro atoms. The van der Waals surface area contributed by atoms with Crippen LogP contribution < -0.4 is 4.90 Å². The van der Waals surface area contributed by atoms with Crippen molar-refractivity contribution in [3.05, 3.63) is 75.7 Å². The summed E-state index contributed by atoms with van der Waals surface area (Å²) >= 11 is 0. The van der Waals surface area contributed by atoms with Crippen LogP contribution in [0, 0.1) is 37.1 Å². The van der Waals surface area contributed by atoms with Crippen molar-refractivity contribution in [3.8, 4) is 0 Å². The Morgan fingerprint density at radius 1 is 1.00 bits per heavy atom. The molecule has 32 heavy (non-hydrogen) atoms. The fourth-order valence-electron chi connectivity index (χ4n) is 4.02. The Morgan fingerprint density at radius 2 is 1.59 bits per heavy atom. The Balaban J connectivity index is 1.98. The lowest BCUT2D eigenvalue weighted by molar-refractivity contribution is 0.118. The molecule has 1 unspecified atom stereocenters. The van der Waals surface area contributed by atoms with Gasteiger partial charge in [0.2, 0.25) is 0 Å². The van der Waals surface area contributed by atoms with Crippen LogP contribution in [-0.4, -0.2) is 15.0 Å². The number of benzene rings is 2. The van der Waals surface area contributed by atoms with Crippen molar-refractivity contribution in [1.29, 1.82) is 0 Å². The maximum Gasteiger partial charge on any atom is 0.187 e. The topological polar surface area (TPSA) is 46.6 Å². The van der Waals surface area contributed by atoms with E-state index in [0.717, 1.165) is 24.6 Å². The molecule has 1 heterocycles. The van der Waals surface area contributed by atoms with Crippen LogP contribution in [0.2, 0.25) is 0 Å². The van der Waals surface area contributed by atoms with Crippen LogP contribution in [0.15, 0.2) is 24.6 Å². The second-order valence-electron chi connectivity index (χ2n) is 7.98. The molecular formula is C23H25F4NO3S. The molecule has 0 saturated heterocycles. The molecule has 9 heteroatoms. The number of halogens is 4.